The molecule has 0 N–H and O–H groups in total. The summed E-state index contributed by atoms with van der Waals surface area (Å²) in [5.41, 5.74) is 0.652. The van der Waals surface area contributed by atoms with Crippen LogP contribution in [-0.2, 0) is 10.2 Å². The van der Waals surface area contributed by atoms with Crippen molar-refractivity contribution in [3.8, 4) is 0 Å². The second-order valence-corrected chi connectivity index (χ2v) is 5.47. The number of carbonyl (C=O) groups excluding carboxylic acids is 1. The average Bonchev–Trinajstić information content (AvgIpc) is 3.07. The molecule has 1 saturated carbocycles. The summed E-state index contributed by atoms with van der Waals surface area (Å²) in [6, 6.07) is 0. The number of carbonyl (C=O) groups is 1. The second kappa shape index (κ2) is 4.75. The summed E-state index contributed by atoms with van der Waals surface area (Å²) >= 11 is 0. The van der Waals surface area contributed by atoms with E-state index in [1.807, 2.05) is 0 Å². The minimum absolute atomic E-state index is 0.144. The van der Waals surface area contributed by atoms with Crippen LogP contribution in [0.25, 0.3) is 0 Å². The van der Waals surface area contributed by atoms with E-state index < -0.39 is 0 Å². The number of aromatic nitrogens is 1. The smallest absolute Gasteiger partial charge is 0.376 e. The summed E-state index contributed by atoms with van der Waals surface area (Å²) < 4.78 is 10.7. The van der Waals surface area contributed by atoms with Crippen molar-refractivity contribution in [2.75, 3.05) is 6.61 Å². The molecule has 0 amide bonds. The van der Waals surface area contributed by atoms with Crippen molar-refractivity contribution in [2.45, 2.75) is 58.3 Å². The van der Waals surface area contributed by atoms with Crippen LogP contribution in [0.5, 0.6) is 0 Å². The van der Waals surface area contributed by atoms with Crippen molar-refractivity contribution in [2.24, 2.45) is 0 Å². The Bertz CT molecular complexity index is 444. The van der Waals surface area contributed by atoms with Crippen LogP contribution in [0.3, 0.4) is 0 Å². The highest BCUT2D eigenvalue weighted by atomic mass is 16.5. The molecule has 0 atom stereocenters. The molecule has 0 radical (unpaired) electrons. The zero-order valence-corrected chi connectivity index (χ0v) is 11.6. The van der Waals surface area contributed by atoms with Gasteiger partial charge in [-0.25, -0.2) is 9.78 Å². The lowest BCUT2D eigenvalue weighted by molar-refractivity contribution is 0.0484. The minimum Gasteiger partial charge on any atom is -0.460 e. The third-order valence-electron chi connectivity index (χ3n) is 3.54. The molecule has 0 bridgehead atoms. The number of hydrogen-bond acceptors (Lipinski definition) is 4. The molecule has 1 fully saturated rings. The molecule has 100 valence electrons. The summed E-state index contributed by atoms with van der Waals surface area (Å²) in [5, 5.41) is 0. The van der Waals surface area contributed by atoms with Crippen LogP contribution in [0.2, 0.25) is 0 Å². The van der Waals surface area contributed by atoms with Gasteiger partial charge in [-0.1, -0.05) is 20.8 Å². The van der Waals surface area contributed by atoms with Gasteiger partial charge in [0.2, 0.25) is 11.7 Å². The molecule has 4 heteroatoms. The summed E-state index contributed by atoms with van der Waals surface area (Å²) in [4.78, 5) is 16.4. The van der Waals surface area contributed by atoms with Gasteiger partial charge in [0.1, 0.15) is 0 Å². The molecule has 0 aromatic carbocycles. The van der Waals surface area contributed by atoms with Crippen molar-refractivity contribution in [1.29, 1.82) is 0 Å². The predicted octanol–water partition coefficient (Wildman–Crippen LogP) is 3.42. The first kappa shape index (κ1) is 13.1. The van der Waals surface area contributed by atoms with Crippen molar-refractivity contribution in [1.82, 2.24) is 4.98 Å². The minimum atomic E-state index is -0.384. The second-order valence-electron chi connectivity index (χ2n) is 5.47. The van der Waals surface area contributed by atoms with Gasteiger partial charge in [-0.2, -0.15) is 0 Å². The lowest BCUT2D eigenvalue weighted by Gasteiger charge is -2.17. The molecule has 2 rings (SSSR count). The normalized spacial score (nSPS) is 15.8. The van der Waals surface area contributed by atoms with E-state index in [4.69, 9.17) is 9.15 Å². The molecule has 1 aromatic rings. The van der Waals surface area contributed by atoms with Gasteiger partial charge in [-0.15, -0.1) is 0 Å². The summed E-state index contributed by atoms with van der Waals surface area (Å²) in [5.74, 6) is 0.963. The summed E-state index contributed by atoms with van der Waals surface area (Å²) in [6.07, 6.45) is 3.09. The Balaban J connectivity index is 2.35. The Morgan fingerprint density at radius 2 is 2.11 bits per heavy atom. The highest BCUT2D eigenvalue weighted by Crippen LogP contribution is 2.42. The highest BCUT2D eigenvalue weighted by Gasteiger charge is 2.36. The van der Waals surface area contributed by atoms with Crippen LogP contribution in [0.15, 0.2) is 4.42 Å². The zero-order chi connectivity index (χ0) is 13.3. The fourth-order valence-corrected chi connectivity index (χ4v) is 1.75. The molecule has 4 nitrogen and oxygen atoms in total. The SMILES string of the molecule is CCOC(=O)c1oc(C(C)(C)CC)nc1C1CC1. The van der Waals surface area contributed by atoms with Gasteiger partial charge in [0.25, 0.3) is 0 Å². The fourth-order valence-electron chi connectivity index (χ4n) is 1.75. The van der Waals surface area contributed by atoms with Crippen molar-refractivity contribution in [3.63, 3.8) is 0 Å². The van der Waals surface area contributed by atoms with Gasteiger partial charge in [0.15, 0.2) is 0 Å². The van der Waals surface area contributed by atoms with Crippen LogP contribution < -0.4 is 0 Å². The third kappa shape index (κ3) is 2.42. The van der Waals surface area contributed by atoms with Crippen molar-refractivity contribution in [3.05, 3.63) is 17.3 Å². The van der Waals surface area contributed by atoms with Gasteiger partial charge in [0.05, 0.1) is 12.3 Å². The Morgan fingerprint density at radius 1 is 1.44 bits per heavy atom. The van der Waals surface area contributed by atoms with Crippen molar-refractivity contribution < 1.29 is 13.9 Å². The van der Waals surface area contributed by atoms with E-state index in [1.54, 1.807) is 6.92 Å². The molecule has 0 spiro atoms. The van der Waals surface area contributed by atoms with Crippen molar-refractivity contribution >= 4 is 5.97 Å². The molecule has 1 aromatic heterocycles. The molecule has 1 aliphatic rings. The molecule has 0 saturated heterocycles. The van der Waals surface area contributed by atoms with Gasteiger partial charge in [0, 0.05) is 11.3 Å². The third-order valence-corrected chi connectivity index (χ3v) is 3.54. The monoisotopic (exact) mass is 251 g/mol. The lowest BCUT2D eigenvalue weighted by atomic mass is 9.90. The summed E-state index contributed by atoms with van der Waals surface area (Å²) in [6.45, 7) is 8.39. The Hall–Kier alpha value is -1.32. The van der Waals surface area contributed by atoms with Gasteiger partial charge in [-0.3, -0.25) is 0 Å². The van der Waals surface area contributed by atoms with Crippen LogP contribution in [0, 0.1) is 0 Å². The highest BCUT2D eigenvalue weighted by molar-refractivity contribution is 5.87. The Labute approximate surface area is 108 Å². The van der Waals surface area contributed by atoms with E-state index in [0.717, 1.165) is 25.0 Å². The maximum atomic E-state index is 11.9. The Morgan fingerprint density at radius 3 is 2.61 bits per heavy atom. The number of ether oxygens (including phenoxy) is 1. The quantitative estimate of drug-likeness (QED) is 0.752. The first-order valence-electron chi connectivity index (χ1n) is 6.68. The molecule has 1 aliphatic carbocycles. The zero-order valence-electron chi connectivity index (χ0n) is 11.6. The summed E-state index contributed by atoms with van der Waals surface area (Å²) in [7, 11) is 0. The van der Waals surface area contributed by atoms with Gasteiger partial charge < -0.3 is 9.15 Å². The number of rotatable bonds is 5. The first-order valence-corrected chi connectivity index (χ1v) is 6.68. The predicted molar refractivity (Wildman–Crippen MR) is 67.8 cm³/mol. The topological polar surface area (TPSA) is 52.3 Å². The maximum absolute atomic E-state index is 11.9. The molecular formula is C14H21NO3. The lowest BCUT2D eigenvalue weighted by Crippen LogP contribution is -2.15. The molecule has 0 unspecified atom stereocenters. The largest absolute Gasteiger partial charge is 0.460 e. The molecule has 1 heterocycles. The van der Waals surface area contributed by atoms with Crippen LogP contribution in [0.1, 0.15) is 75.0 Å². The number of oxazole rings is 1. The van der Waals surface area contributed by atoms with Crippen LogP contribution >= 0.6 is 0 Å². The van der Waals surface area contributed by atoms with Crippen LogP contribution in [-0.4, -0.2) is 17.6 Å². The first-order chi connectivity index (χ1) is 8.49. The van der Waals surface area contributed by atoms with E-state index in [2.05, 4.69) is 25.8 Å². The molecular weight excluding hydrogens is 230 g/mol. The van der Waals surface area contributed by atoms with Crippen LogP contribution in [0.4, 0.5) is 0 Å². The van der Waals surface area contributed by atoms with Gasteiger partial charge in [-0.05, 0) is 26.2 Å². The number of hydrogen-bond donors (Lipinski definition) is 0. The Kier molecular flexibility index (Phi) is 3.46. The number of nitrogens with zero attached hydrogens (tertiary/aromatic N) is 1. The van der Waals surface area contributed by atoms with E-state index >= 15 is 0 Å². The fraction of sp³-hybridized carbons (Fsp3) is 0.714. The van der Waals surface area contributed by atoms with E-state index in [1.165, 1.54) is 0 Å². The van der Waals surface area contributed by atoms with E-state index in [-0.39, 0.29) is 11.4 Å². The van der Waals surface area contributed by atoms with E-state index in [0.29, 0.717) is 24.2 Å². The standard InChI is InChI=1S/C14H21NO3/c1-5-14(3,4)13-15-10(9-7-8-9)11(18-13)12(16)17-6-2/h9H,5-8H2,1-4H3. The molecule has 0 aliphatic heterocycles. The maximum Gasteiger partial charge on any atom is 0.376 e. The van der Waals surface area contributed by atoms with E-state index in [9.17, 15) is 4.79 Å². The van der Waals surface area contributed by atoms with Gasteiger partial charge >= 0.3 is 5.97 Å². The number of esters is 1. The average molecular weight is 251 g/mol. The molecule has 18 heavy (non-hydrogen) atoms.